The van der Waals surface area contributed by atoms with Crippen LogP contribution in [0, 0.1) is 0 Å². The number of thioether (sulfide) groups is 1. The van der Waals surface area contributed by atoms with Crippen molar-refractivity contribution in [2.45, 2.75) is 11.7 Å². The Bertz CT molecular complexity index is 1210. The van der Waals surface area contributed by atoms with Crippen LogP contribution in [0.25, 0.3) is 11.4 Å². The van der Waals surface area contributed by atoms with Crippen molar-refractivity contribution in [3.63, 3.8) is 0 Å². The third kappa shape index (κ3) is 5.27. The molecule has 0 spiro atoms. The monoisotopic (exact) mass is 488 g/mol. The summed E-state index contributed by atoms with van der Waals surface area (Å²) >= 11 is 13.2. The largest absolute Gasteiger partial charge is 0.497 e. The van der Waals surface area contributed by atoms with Gasteiger partial charge >= 0.3 is 0 Å². The summed E-state index contributed by atoms with van der Waals surface area (Å²) in [6.45, 7) is 0.429. The molecule has 1 amide bonds. The van der Waals surface area contributed by atoms with E-state index in [2.05, 4.69) is 15.5 Å². The molecule has 1 N–H and O–H groups in total. The van der Waals surface area contributed by atoms with Gasteiger partial charge in [-0.25, -0.2) is 0 Å². The summed E-state index contributed by atoms with van der Waals surface area (Å²) in [5.41, 5.74) is 1.44. The maximum absolute atomic E-state index is 12.5. The molecule has 0 saturated heterocycles. The summed E-state index contributed by atoms with van der Waals surface area (Å²) in [5, 5.41) is 12.9. The Hall–Kier alpha value is -2.94. The van der Waals surface area contributed by atoms with Crippen LogP contribution in [0.5, 0.6) is 5.75 Å². The lowest BCUT2D eigenvalue weighted by Crippen LogP contribution is -2.14. The molecule has 0 aliphatic rings. The normalized spacial score (nSPS) is 10.8. The third-order valence-corrected chi connectivity index (χ3v) is 6.20. The first-order valence-corrected chi connectivity index (χ1v) is 11.3. The first-order valence-electron chi connectivity index (χ1n) is 9.51. The molecule has 0 atom stereocenters. The predicted molar refractivity (Wildman–Crippen MR) is 126 cm³/mol. The Labute approximate surface area is 198 Å². The van der Waals surface area contributed by atoms with Crippen molar-refractivity contribution in [2.24, 2.45) is 0 Å². The number of hydrogen-bond donors (Lipinski definition) is 1. The number of ether oxygens (including phenoxy) is 1. The fourth-order valence-electron chi connectivity index (χ4n) is 2.95. The van der Waals surface area contributed by atoms with Crippen molar-refractivity contribution >= 4 is 46.6 Å². The minimum Gasteiger partial charge on any atom is -0.497 e. The highest BCUT2D eigenvalue weighted by Crippen LogP contribution is 2.28. The van der Waals surface area contributed by atoms with Gasteiger partial charge in [-0.15, -0.1) is 10.2 Å². The van der Waals surface area contributed by atoms with Gasteiger partial charge in [0.05, 0.1) is 35.7 Å². The first kappa shape index (κ1) is 22.3. The van der Waals surface area contributed by atoms with Crippen LogP contribution in [-0.4, -0.2) is 33.5 Å². The van der Waals surface area contributed by atoms with Gasteiger partial charge in [0.15, 0.2) is 11.0 Å². The number of aromatic nitrogens is 3. The average Bonchev–Trinajstić information content (AvgIpc) is 3.45. The van der Waals surface area contributed by atoms with Crippen LogP contribution in [0.1, 0.15) is 5.76 Å². The highest BCUT2D eigenvalue weighted by Gasteiger charge is 2.17. The van der Waals surface area contributed by atoms with Crippen molar-refractivity contribution in [3.05, 3.63) is 76.7 Å². The number of benzene rings is 2. The molecule has 0 aliphatic carbocycles. The summed E-state index contributed by atoms with van der Waals surface area (Å²) in [4.78, 5) is 12.5. The minimum atomic E-state index is -0.202. The standard InChI is InChI=1S/C22H18Cl2N4O3S/c1-30-16-7-4-14(5-8-16)21-26-27-22(28(21)12-17-3-2-10-31-17)32-13-20(29)25-15-6-9-18(23)19(24)11-15/h2-11H,12-13H2,1H3,(H,25,29). The second kappa shape index (κ2) is 10.1. The zero-order chi connectivity index (χ0) is 22.5. The summed E-state index contributed by atoms with van der Waals surface area (Å²) in [5.74, 6) is 2.10. The number of methoxy groups -OCH3 is 1. The quantitative estimate of drug-likeness (QED) is 0.323. The molecule has 0 aliphatic heterocycles. The summed E-state index contributed by atoms with van der Waals surface area (Å²) in [7, 11) is 1.62. The lowest BCUT2D eigenvalue weighted by atomic mass is 10.2. The zero-order valence-corrected chi connectivity index (χ0v) is 19.2. The van der Waals surface area contributed by atoms with Crippen molar-refractivity contribution in [3.8, 4) is 17.1 Å². The second-order valence-corrected chi connectivity index (χ2v) is 8.42. The molecule has 0 fully saturated rings. The summed E-state index contributed by atoms with van der Waals surface area (Å²) in [6, 6.07) is 16.2. The van der Waals surface area contributed by atoms with E-state index < -0.39 is 0 Å². The second-order valence-electron chi connectivity index (χ2n) is 6.67. The smallest absolute Gasteiger partial charge is 0.234 e. The number of nitrogens with one attached hydrogen (secondary N) is 1. The molecule has 32 heavy (non-hydrogen) atoms. The maximum Gasteiger partial charge on any atom is 0.234 e. The van der Waals surface area contributed by atoms with Gasteiger partial charge in [0.2, 0.25) is 5.91 Å². The number of halogens is 2. The van der Waals surface area contributed by atoms with Crippen molar-refractivity contribution in [1.82, 2.24) is 14.8 Å². The van der Waals surface area contributed by atoms with Gasteiger partial charge in [-0.3, -0.25) is 9.36 Å². The lowest BCUT2D eigenvalue weighted by Gasteiger charge is -2.10. The highest BCUT2D eigenvalue weighted by molar-refractivity contribution is 7.99. The van der Waals surface area contributed by atoms with Crippen molar-refractivity contribution < 1.29 is 13.9 Å². The summed E-state index contributed by atoms with van der Waals surface area (Å²) in [6.07, 6.45) is 1.62. The van der Waals surface area contributed by atoms with Gasteiger partial charge < -0.3 is 14.5 Å². The van der Waals surface area contributed by atoms with Gasteiger partial charge in [-0.2, -0.15) is 0 Å². The molecule has 2 heterocycles. The lowest BCUT2D eigenvalue weighted by molar-refractivity contribution is -0.113. The molecule has 0 radical (unpaired) electrons. The number of amides is 1. The Morgan fingerprint density at radius 2 is 1.94 bits per heavy atom. The topological polar surface area (TPSA) is 82.2 Å². The van der Waals surface area contributed by atoms with E-state index >= 15 is 0 Å². The third-order valence-electron chi connectivity index (χ3n) is 4.49. The fraction of sp³-hybridized carbons (Fsp3) is 0.136. The van der Waals surface area contributed by atoms with E-state index in [4.69, 9.17) is 32.4 Å². The van der Waals surface area contributed by atoms with Crippen LogP contribution in [0.4, 0.5) is 5.69 Å². The fourth-order valence-corrected chi connectivity index (χ4v) is 3.99. The Morgan fingerprint density at radius 1 is 1.12 bits per heavy atom. The molecule has 164 valence electrons. The highest BCUT2D eigenvalue weighted by atomic mass is 35.5. The van der Waals surface area contributed by atoms with Gasteiger partial charge in [0, 0.05) is 11.3 Å². The van der Waals surface area contributed by atoms with Gasteiger partial charge in [0.25, 0.3) is 0 Å². The van der Waals surface area contributed by atoms with Crippen LogP contribution < -0.4 is 10.1 Å². The van der Waals surface area contributed by atoms with Crippen LogP contribution in [0.15, 0.2) is 70.4 Å². The molecule has 0 bridgehead atoms. The Balaban J connectivity index is 1.52. The van der Waals surface area contributed by atoms with Crippen molar-refractivity contribution in [2.75, 3.05) is 18.2 Å². The maximum atomic E-state index is 12.5. The van der Waals surface area contributed by atoms with Gasteiger partial charge in [-0.05, 0) is 54.6 Å². The molecule has 0 unspecified atom stereocenters. The average molecular weight is 489 g/mol. The number of carbonyl (C=O) groups excluding carboxylic acids is 1. The Kier molecular flexibility index (Phi) is 7.04. The van der Waals surface area contributed by atoms with Crippen LogP contribution in [-0.2, 0) is 11.3 Å². The van der Waals surface area contributed by atoms with Crippen LogP contribution in [0.3, 0.4) is 0 Å². The number of furan rings is 1. The molecular weight excluding hydrogens is 471 g/mol. The Morgan fingerprint density at radius 3 is 2.62 bits per heavy atom. The number of rotatable bonds is 8. The van der Waals surface area contributed by atoms with Gasteiger partial charge in [0.1, 0.15) is 11.5 Å². The molecule has 4 rings (SSSR count). The van der Waals surface area contributed by atoms with E-state index in [9.17, 15) is 4.79 Å². The summed E-state index contributed by atoms with van der Waals surface area (Å²) < 4.78 is 12.7. The minimum absolute atomic E-state index is 0.138. The van der Waals surface area contributed by atoms with E-state index in [-0.39, 0.29) is 11.7 Å². The number of nitrogens with zero attached hydrogens (tertiary/aromatic N) is 3. The molecule has 0 saturated carbocycles. The van der Waals surface area contributed by atoms with Crippen LogP contribution >= 0.6 is 35.0 Å². The number of hydrogen-bond acceptors (Lipinski definition) is 6. The van der Waals surface area contributed by atoms with E-state index in [0.717, 1.165) is 17.1 Å². The van der Waals surface area contributed by atoms with E-state index in [1.54, 1.807) is 31.6 Å². The number of carbonyl (C=O) groups is 1. The zero-order valence-electron chi connectivity index (χ0n) is 16.9. The van der Waals surface area contributed by atoms with Crippen molar-refractivity contribution in [1.29, 1.82) is 0 Å². The molecular formula is C22H18Cl2N4O3S. The van der Waals surface area contributed by atoms with E-state index in [1.807, 2.05) is 41.0 Å². The van der Waals surface area contributed by atoms with E-state index in [0.29, 0.717) is 33.3 Å². The van der Waals surface area contributed by atoms with Gasteiger partial charge in [-0.1, -0.05) is 35.0 Å². The molecule has 2 aromatic heterocycles. The molecule has 2 aromatic carbocycles. The SMILES string of the molecule is COc1ccc(-c2nnc(SCC(=O)Nc3ccc(Cl)c(Cl)c3)n2Cc2ccco2)cc1. The predicted octanol–water partition coefficient (Wildman–Crippen LogP) is 5.63. The first-order chi connectivity index (χ1) is 15.5. The van der Waals surface area contributed by atoms with Crippen LogP contribution in [0.2, 0.25) is 10.0 Å². The molecule has 4 aromatic rings. The number of anilines is 1. The molecule has 10 heteroatoms. The van der Waals surface area contributed by atoms with E-state index in [1.165, 1.54) is 11.8 Å². The molecule has 7 nitrogen and oxygen atoms in total.